The Bertz CT molecular complexity index is 578. The Morgan fingerprint density at radius 3 is 2.80 bits per heavy atom. The number of hydrogen-bond donors (Lipinski definition) is 1. The lowest BCUT2D eigenvalue weighted by Crippen LogP contribution is -2.18. The second-order valence-corrected chi connectivity index (χ2v) is 5.49. The van der Waals surface area contributed by atoms with Gasteiger partial charge in [0.2, 0.25) is 0 Å². The van der Waals surface area contributed by atoms with Gasteiger partial charge < -0.3 is 10.5 Å². The number of pyridine rings is 1. The highest BCUT2D eigenvalue weighted by Crippen LogP contribution is 2.24. The molecule has 3 heteroatoms. The third kappa shape index (κ3) is 3.70. The van der Waals surface area contributed by atoms with Crippen molar-refractivity contribution < 1.29 is 4.74 Å². The number of benzene rings is 1. The van der Waals surface area contributed by atoms with Gasteiger partial charge in [0.05, 0.1) is 12.1 Å². The first-order valence-corrected chi connectivity index (χ1v) is 7.38. The lowest BCUT2D eigenvalue weighted by molar-refractivity contribution is 0.310. The highest BCUT2D eigenvalue weighted by Gasteiger charge is 2.06. The normalized spacial score (nSPS) is 12.6. The molecule has 0 saturated carbocycles. The van der Waals surface area contributed by atoms with E-state index in [1.54, 1.807) is 0 Å². The van der Waals surface area contributed by atoms with E-state index in [-0.39, 0.29) is 6.04 Å². The van der Waals surface area contributed by atoms with Crippen molar-refractivity contribution in [3.05, 3.63) is 35.5 Å². The molecule has 0 saturated heterocycles. The van der Waals surface area contributed by atoms with E-state index in [1.807, 2.05) is 19.1 Å². The van der Waals surface area contributed by atoms with Gasteiger partial charge in [-0.25, -0.2) is 0 Å². The summed E-state index contributed by atoms with van der Waals surface area (Å²) in [5.74, 6) is 0.927. The Morgan fingerprint density at radius 1 is 1.30 bits per heavy atom. The molecule has 20 heavy (non-hydrogen) atoms. The third-order valence-corrected chi connectivity index (χ3v) is 3.34. The molecular weight excluding hydrogens is 248 g/mol. The van der Waals surface area contributed by atoms with E-state index in [0.717, 1.165) is 48.2 Å². The van der Waals surface area contributed by atoms with Gasteiger partial charge in [-0.2, -0.15) is 0 Å². The fourth-order valence-corrected chi connectivity index (χ4v) is 2.30. The number of aryl methyl sites for hydroxylation is 1. The SMILES string of the molecule is CCCCOc1ccc2nc(CC(C)N)cc(C)c2c1. The van der Waals surface area contributed by atoms with Crippen LogP contribution in [-0.4, -0.2) is 17.6 Å². The molecule has 2 N–H and O–H groups in total. The molecule has 0 bridgehead atoms. The van der Waals surface area contributed by atoms with E-state index >= 15 is 0 Å². The van der Waals surface area contributed by atoms with Crippen molar-refractivity contribution in [1.82, 2.24) is 4.98 Å². The summed E-state index contributed by atoms with van der Waals surface area (Å²) in [5, 5.41) is 1.16. The molecule has 0 amide bonds. The molecule has 108 valence electrons. The lowest BCUT2D eigenvalue weighted by Gasteiger charge is -2.11. The minimum absolute atomic E-state index is 0.135. The van der Waals surface area contributed by atoms with Crippen LogP contribution in [0.5, 0.6) is 5.75 Å². The van der Waals surface area contributed by atoms with Gasteiger partial charge in [0.25, 0.3) is 0 Å². The maximum atomic E-state index is 5.85. The maximum Gasteiger partial charge on any atom is 0.120 e. The van der Waals surface area contributed by atoms with E-state index in [9.17, 15) is 0 Å². The van der Waals surface area contributed by atoms with E-state index in [2.05, 4.69) is 31.0 Å². The molecular formula is C17H24N2O. The van der Waals surface area contributed by atoms with Crippen LogP contribution < -0.4 is 10.5 Å². The molecule has 0 aliphatic heterocycles. The first-order chi connectivity index (χ1) is 9.60. The molecule has 1 atom stereocenters. The molecule has 2 rings (SSSR count). The summed E-state index contributed by atoms with van der Waals surface area (Å²) < 4.78 is 5.76. The predicted molar refractivity (Wildman–Crippen MR) is 84.2 cm³/mol. The van der Waals surface area contributed by atoms with E-state index in [1.165, 1.54) is 5.56 Å². The smallest absolute Gasteiger partial charge is 0.120 e. The Balaban J connectivity index is 2.26. The van der Waals surface area contributed by atoms with Crippen LogP contribution in [0.4, 0.5) is 0 Å². The van der Waals surface area contributed by atoms with Crippen molar-refractivity contribution >= 4 is 10.9 Å². The topological polar surface area (TPSA) is 48.1 Å². The highest BCUT2D eigenvalue weighted by molar-refractivity contribution is 5.83. The Morgan fingerprint density at radius 2 is 2.10 bits per heavy atom. The molecule has 2 aromatic rings. The molecule has 3 nitrogen and oxygen atoms in total. The highest BCUT2D eigenvalue weighted by atomic mass is 16.5. The lowest BCUT2D eigenvalue weighted by atomic mass is 10.1. The van der Waals surface area contributed by atoms with Gasteiger partial charge >= 0.3 is 0 Å². The summed E-state index contributed by atoms with van der Waals surface area (Å²) in [5.41, 5.74) is 9.16. The monoisotopic (exact) mass is 272 g/mol. The summed E-state index contributed by atoms with van der Waals surface area (Å²) in [6.45, 7) is 7.06. The molecule has 1 aromatic carbocycles. The summed E-state index contributed by atoms with van der Waals surface area (Å²) in [6, 6.07) is 8.38. The molecule has 1 unspecified atom stereocenters. The average Bonchev–Trinajstić information content (AvgIpc) is 2.39. The average molecular weight is 272 g/mol. The summed E-state index contributed by atoms with van der Waals surface area (Å²) >= 11 is 0. The number of nitrogens with zero attached hydrogens (tertiary/aromatic N) is 1. The van der Waals surface area contributed by atoms with Crippen LogP contribution in [-0.2, 0) is 6.42 Å². The number of nitrogens with two attached hydrogens (primary N) is 1. The number of ether oxygens (including phenoxy) is 1. The van der Waals surface area contributed by atoms with Crippen molar-refractivity contribution in [2.45, 2.75) is 46.1 Å². The molecule has 0 aliphatic carbocycles. The number of hydrogen-bond acceptors (Lipinski definition) is 3. The van der Waals surface area contributed by atoms with Gasteiger partial charge in [-0.3, -0.25) is 4.98 Å². The number of rotatable bonds is 6. The largest absolute Gasteiger partial charge is 0.494 e. The van der Waals surface area contributed by atoms with Gasteiger partial charge in [0.15, 0.2) is 0 Å². The summed E-state index contributed by atoms with van der Waals surface area (Å²) in [4.78, 5) is 4.68. The number of aromatic nitrogens is 1. The Labute approximate surface area is 121 Å². The predicted octanol–water partition coefficient (Wildman–Crippen LogP) is 3.61. The second kappa shape index (κ2) is 6.71. The third-order valence-electron chi connectivity index (χ3n) is 3.34. The fourth-order valence-electron chi connectivity index (χ4n) is 2.30. The van der Waals surface area contributed by atoms with Gasteiger partial charge in [-0.15, -0.1) is 0 Å². The van der Waals surface area contributed by atoms with E-state index in [0.29, 0.717) is 0 Å². The standard InChI is InChI=1S/C17H24N2O/c1-4-5-8-20-15-6-7-17-16(11-15)12(2)9-14(19-17)10-13(3)18/h6-7,9,11,13H,4-5,8,10,18H2,1-3H3. The zero-order chi connectivity index (χ0) is 14.5. The van der Waals surface area contributed by atoms with Gasteiger partial charge in [-0.1, -0.05) is 13.3 Å². The summed E-state index contributed by atoms with van der Waals surface area (Å²) in [6.07, 6.45) is 3.04. The van der Waals surface area contributed by atoms with Gasteiger partial charge in [-0.05, 0) is 50.1 Å². The minimum atomic E-state index is 0.135. The van der Waals surface area contributed by atoms with Crippen LogP contribution in [0.2, 0.25) is 0 Å². The van der Waals surface area contributed by atoms with Crippen molar-refractivity contribution in [3.8, 4) is 5.75 Å². The van der Waals surface area contributed by atoms with Crippen LogP contribution in [0.3, 0.4) is 0 Å². The maximum absolute atomic E-state index is 5.85. The zero-order valence-corrected chi connectivity index (χ0v) is 12.6. The van der Waals surface area contributed by atoms with E-state index < -0.39 is 0 Å². The summed E-state index contributed by atoms with van der Waals surface area (Å²) in [7, 11) is 0. The van der Waals surface area contributed by atoms with Crippen LogP contribution in [0.15, 0.2) is 24.3 Å². The molecule has 0 fully saturated rings. The van der Waals surface area contributed by atoms with Crippen LogP contribution in [0.25, 0.3) is 10.9 Å². The van der Waals surface area contributed by atoms with Crippen molar-refractivity contribution in [2.24, 2.45) is 5.73 Å². The number of unbranched alkanes of at least 4 members (excludes halogenated alkanes) is 1. The second-order valence-electron chi connectivity index (χ2n) is 5.49. The van der Waals surface area contributed by atoms with E-state index in [4.69, 9.17) is 10.5 Å². The Kier molecular flexibility index (Phi) is 4.96. The van der Waals surface area contributed by atoms with Gasteiger partial charge in [0.1, 0.15) is 5.75 Å². The van der Waals surface area contributed by atoms with Crippen LogP contribution >= 0.6 is 0 Å². The van der Waals surface area contributed by atoms with Gasteiger partial charge in [0, 0.05) is 23.5 Å². The first-order valence-electron chi connectivity index (χ1n) is 7.38. The van der Waals surface area contributed by atoms with Crippen molar-refractivity contribution in [1.29, 1.82) is 0 Å². The minimum Gasteiger partial charge on any atom is -0.494 e. The molecule has 0 radical (unpaired) electrons. The van der Waals surface area contributed by atoms with Crippen molar-refractivity contribution in [2.75, 3.05) is 6.61 Å². The number of fused-ring (bicyclic) bond motifs is 1. The zero-order valence-electron chi connectivity index (χ0n) is 12.6. The van der Waals surface area contributed by atoms with Crippen molar-refractivity contribution in [3.63, 3.8) is 0 Å². The molecule has 1 aromatic heterocycles. The fraction of sp³-hybridized carbons (Fsp3) is 0.471. The van der Waals surface area contributed by atoms with Crippen LogP contribution in [0.1, 0.15) is 37.9 Å². The Hall–Kier alpha value is -1.61. The molecule has 1 heterocycles. The van der Waals surface area contributed by atoms with Crippen LogP contribution in [0, 0.1) is 6.92 Å². The first kappa shape index (κ1) is 14.8. The quantitative estimate of drug-likeness (QED) is 0.817. The molecule has 0 aliphatic rings. The molecule has 0 spiro atoms.